The second kappa shape index (κ2) is 2.28. The van der Waals surface area contributed by atoms with Crippen LogP contribution in [-0.2, 0) is 9.59 Å². The first kappa shape index (κ1) is 7.05. The maximum atomic E-state index is 10.6. The van der Waals surface area contributed by atoms with E-state index in [1.165, 1.54) is 0 Å². The van der Waals surface area contributed by atoms with Gasteiger partial charge in [-0.25, -0.2) is 4.79 Å². The highest BCUT2D eigenvalue weighted by Crippen LogP contribution is 2.14. The van der Waals surface area contributed by atoms with Gasteiger partial charge in [-0.3, -0.25) is 4.79 Å². The van der Waals surface area contributed by atoms with Crippen molar-refractivity contribution in [3.8, 4) is 0 Å². The van der Waals surface area contributed by atoms with Crippen molar-refractivity contribution in [2.24, 2.45) is 5.92 Å². The molecule has 1 aliphatic heterocycles. The molecular formula is C6H9NO3. The summed E-state index contributed by atoms with van der Waals surface area (Å²) in [6.07, 6.45) is 0.330. The minimum absolute atomic E-state index is 0.0787. The number of rotatable bonds is 1. The molecule has 56 valence electrons. The molecule has 1 heterocycles. The fourth-order valence-electron chi connectivity index (χ4n) is 1.09. The summed E-state index contributed by atoms with van der Waals surface area (Å²) in [5, 5.41) is 10.9. The summed E-state index contributed by atoms with van der Waals surface area (Å²) in [7, 11) is 0. The largest absolute Gasteiger partial charge is 0.480 e. The first-order chi connectivity index (χ1) is 4.61. The lowest BCUT2D eigenvalue weighted by Gasteiger charge is -2.07. The van der Waals surface area contributed by atoms with Gasteiger partial charge in [-0.2, -0.15) is 0 Å². The van der Waals surface area contributed by atoms with E-state index in [4.69, 9.17) is 5.11 Å². The van der Waals surface area contributed by atoms with Gasteiger partial charge in [-0.05, 0) is 5.92 Å². The summed E-state index contributed by atoms with van der Waals surface area (Å²) in [5.41, 5.74) is 0. The van der Waals surface area contributed by atoms with E-state index in [1.54, 1.807) is 6.92 Å². The van der Waals surface area contributed by atoms with E-state index >= 15 is 0 Å². The summed E-state index contributed by atoms with van der Waals surface area (Å²) in [4.78, 5) is 20.9. The van der Waals surface area contributed by atoms with Gasteiger partial charge in [0.25, 0.3) is 0 Å². The molecule has 0 spiro atoms. The van der Waals surface area contributed by atoms with E-state index in [9.17, 15) is 9.59 Å². The summed E-state index contributed by atoms with van der Waals surface area (Å²) < 4.78 is 0. The average molecular weight is 143 g/mol. The third kappa shape index (κ3) is 1.10. The normalized spacial score (nSPS) is 31.9. The number of carboxylic acids is 1. The minimum atomic E-state index is -0.946. The van der Waals surface area contributed by atoms with Gasteiger partial charge in [0.2, 0.25) is 5.91 Å². The van der Waals surface area contributed by atoms with Crippen molar-refractivity contribution in [3.63, 3.8) is 0 Å². The van der Waals surface area contributed by atoms with Crippen molar-refractivity contribution in [2.75, 3.05) is 0 Å². The third-order valence-electron chi connectivity index (χ3n) is 1.66. The van der Waals surface area contributed by atoms with Crippen LogP contribution in [0.5, 0.6) is 0 Å². The van der Waals surface area contributed by atoms with E-state index in [1.807, 2.05) is 0 Å². The first-order valence-electron chi connectivity index (χ1n) is 3.13. The summed E-state index contributed by atoms with van der Waals surface area (Å²) in [5.74, 6) is -1.19. The van der Waals surface area contributed by atoms with Gasteiger partial charge in [-0.1, -0.05) is 6.92 Å². The molecule has 1 amide bonds. The highest BCUT2D eigenvalue weighted by molar-refractivity contribution is 5.87. The molecule has 0 aromatic carbocycles. The number of hydrogen-bond acceptors (Lipinski definition) is 2. The fraction of sp³-hybridized carbons (Fsp3) is 0.667. The molecule has 0 aliphatic carbocycles. The van der Waals surface area contributed by atoms with Gasteiger partial charge in [0, 0.05) is 6.42 Å². The van der Waals surface area contributed by atoms with Crippen LogP contribution in [0.15, 0.2) is 0 Å². The van der Waals surface area contributed by atoms with E-state index in [2.05, 4.69) is 5.32 Å². The van der Waals surface area contributed by atoms with Gasteiger partial charge in [0.1, 0.15) is 6.04 Å². The minimum Gasteiger partial charge on any atom is -0.480 e. The zero-order valence-electron chi connectivity index (χ0n) is 5.63. The summed E-state index contributed by atoms with van der Waals surface area (Å²) in [6, 6.07) is -0.674. The highest BCUT2D eigenvalue weighted by Gasteiger charge is 2.33. The maximum absolute atomic E-state index is 10.6. The van der Waals surface area contributed by atoms with Crippen LogP contribution in [0.4, 0.5) is 0 Å². The van der Waals surface area contributed by atoms with E-state index in [0.29, 0.717) is 6.42 Å². The van der Waals surface area contributed by atoms with Crippen molar-refractivity contribution in [3.05, 3.63) is 0 Å². The molecule has 1 fully saturated rings. The molecule has 1 rings (SSSR count). The Balaban J connectivity index is 2.63. The van der Waals surface area contributed by atoms with Crippen molar-refractivity contribution < 1.29 is 14.7 Å². The predicted molar refractivity (Wildman–Crippen MR) is 33.3 cm³/mol. The van der Waals surface area contributed by atoms with Crippen molar-refractivity contribution in [1.29, 1.82) is 0 Å². The Kier molecular flexibility index (Phi) is 1.61. The molecule has 0 bridgehead atoms. The average Bonchev–Trinajstić information content (AvgIpc) is 2.10. The molecule has 4 heteroatoms. The second-order valence-electron chi connectivity index (χ2n) is 2.56. The molecular weight excluding hydrogens is 134 g/mol. The van der Waals surface area contributed by atoms with Crippen LogP contribution in [0, 0.1) is 5.92 Å². The number of carboxylic acid groups (broad SMARTS) is 1. The maximum Gasteiger partial charge on any atom is 0.326 e. The molecule has 0 saturated carbocycles. The number of nitrogens with one attached hydrogen (secondary N) is 1. The van der Waals surface area contributed by atoms with Crippen LogP contribution in [0.3, 0.4) is 0 Å². The number of hydrogen-bond donors (Lipinski definition) is 2. The highest BCUT2D eigenvalue weighted by atomic mass is 16.4. The number of amides is 1. The predicted octanol–water partition coefficient (Wildman–Crippen LogP) is -0.404. The topological polar surface area (TPSA) is 66.4 Å². The zero-order valence-corrected chi connectivity index (χ0v) is 5.63. The van der Waals surface area contributed by atoms with Gasteiger partial charge in [-0.15, -0.1) is 0 Å². The van der Waals surface area contributed by atoms with E-state index in [-0.39, 0.29) is 11.8 Å². The molecule has 2 N–H and O–H groups in total. The molecule has 10 heavy (non-hydrogen) atoms. The van der Waals surface area contributed by atoms with Gasteiger partial charge in [0.15, 0.2) is 0 Å². The van der Waals surface area contributed by atoms with Crippen LogP contribution in [0.2, 0.25) is 0 Å². The smallest absolute Gasteiger partial charge is 0.326 e. The van der Waals surface area contributed by atoms with E-state index < -0.39 is 12.0 Å². The molecule has 4 nitrogen and oxygen atoms in total. The summed E-state index contributed by atoms with van der Waals surface area (Å²) >= 11 is 0. The van der Waals surface area contributed by atoms with E-state index in [0.717, 1.165) is 0 Å². The SMILES string of the molecule is CC1CC(=O)N[C@@H]1C(=O)O. The lowest BCUT2D eigenvalue weighted by Crippen LogP contribution is -2.35. The van der Waals surface area contributed by atoms with Crippen LogP contribution in [-0.4, -0.2) is 23.0 Å². The Labute approximate surface area is 58.2 Å². The molecule has 1 unspecified atom stereocenters. The molecule has 0 aromatic heterocycles. The quantitative estimate of drug-likeness (QED) is 0.524. The Hall–Kier alpha value is -1.06. The van der Waals surface area contributed by atoms with Crippen LogP contribution < -0.4 is 5.32 Å². The molecule has 1 saturated heterocycles. The zero-order chi connectivity index (χ0) is 7.72. The second-order valence-corrected chi connectivity index (χ2v) is 2.56. The number of carbonyl (C=O) groups excluding carboxylic acids is 1. The Morgan fingerprint density at radius 3 is 2.60 bits per heavy atom. The monoisotopic (exact) mass is 143 g/mol. The Morgan fingerprint density at radius 2 is 2.40 bits per heavy atom. The fourth-order valence-corrected chi connectivity index (χ4v) is 1.09. The van der Waals surface area contributed by atoms with Crippen molar-refractivity contribution in [1.82, 2.24) is 5.32 Å². The lowest BCUT2D eigenvalue weighted by molar-refractivity contribution is -0.140. The van der Waals surface area contributed by atoms with Crippen LogP contribution in [0.25, 0.3) is 0 Å². The molecule has 1 aliphatic rings. The van der Waals surface area contributed by atoms with Gasteiger partial charge >= 0.3 is 5.97 Å². The first-order valence-corrected chi connectivity index (χ1v) is 3.13. The number of aliphatic carboxylic acids is 1. The van der Waals surface area contributed by atoms with Gasteiger partial charge < -0.3 is 10.4 Å². The number of carbonyl (C=O) groups is 2. The lowest BCUT2D eigenvalue weighted by atomic mass is 10.0. The van der Waals surface area contributed by atoms with Gasteiger partial charge in [0.05, 0.1) is 0 Å². The van der Waals surface area contributed by atoms with Crippen molar-refractivity contribution >= 4 is 11.9 Å². The van der Waals surface area contributed by atoms with Crippen molar-refractivity contribution in [2.45, 2.75) is 19.4 Å². The Morgan fingerprint density at radius 1 is 1.80 bits per heavy atom. The molecule has 0 aromatic rings. The van der Waals surface area contributed by atoms with Crippen LogP contribution >= 0.6 is 0 Å². The third-order valence-corrected chi connectivity index (χ3v) is 1.66. The van der Waals surface area contributed by atoms with Crippen LogP contribution in [0.1, 0.15) is 13.3 Å². The molecule has 0 radical (unpaired) electrons. The summed E-state index contributed by atoms with van der Waals surface area (Å²) in [6.45, 7) is 1.75. The molecule has 2 atom stereocenters. The Bertz CT molecular complexity index is 178. The standard InChI is InChI=1S/C6H9NO3/c1-3-2-4(8)7-5(3)6(9)10/h3,5H,2H2,1H3,(H,7,8)(H,9,10)/t3?,5-/m0/s1.